The quantitative estimate of drug-likeness (QED) is 0.749. The van der Waals surface area contributed by atoms with Crippen molar-refractivity contribution < 1.29 is 0 Å². The van der Waals surface area contributed by atoms with Crippen LogP contribution in [0, 0.1) is 17.2 Å². The van der Waals surface area contributed by atoms with Crippen molar-refractivity contribution in [3.8, 4) is 6.07 Å². The molecule has 0 saturated heterocycles. The van der Waals surface area contributed by atoms with Gasteiger partial charge in [-0.1, -0.05) is 6.07 Å². The molecular formula is C13H15ClN2. The van der Waals surface area contributed by atoms with Crippen LogP contribution in [0.5, 0.6) is 0 Å². The molecule has 0 unspecified atom stereocenters. The summed E-state index contributed by atoms with van der Waals surface area (Å²) in [5, 5.41) is 9.12. The van der Waals surface area contributed by atoms with Crippen LogP contribution in [0.15, 0.2) is 18.2 Å². The molecule has 2 nitrogen and oxygen atoms in total. The molecule has 1 saturated carbocycles. The summed E-state index contributed by atoms with van der Waals surface area (Å²) in [6.45, 7) is 1.05. The number of anilines is 1. The van der Waals surface area contributed by atoms with Crippen molar-refractivity contribution in [2.45, 2.75) is 18.7 Å². The third-order valence-electron chi connectivity index (χ3n) is 2.98. The summed E-state index contributed by atoms with van der Waals surface area (Å²) in [5.41, 5.74) is 2.74. The molecular weight excluding hydrogens is 220 g/mol. The molecule has 1 aromatic carbocycles. The van der Waals surface area contributed by atoms with E-state index in [1.807, 2.05) is 18.2 Å². The van der Waals surface area contributed by atoms with E-state index in [0.29, 0.717) is 5.88 Å². The van der Waals surface area contributed by atoms with Gasteiger partial charge in [-0.2, -0.15) is 5.26 Å². The molecule has 0 amide bonds. The molecule has 3 heteroatoms. The van der Waals surface area contributed by atoms with Crippen LogP contribution in [0.3, 0.4) is 0 Å². The number of nitriles is 1. The Morgan fingerprint density at radius 2 is 2.25 bits per heavy atom. The molecule has 0 aromatic heterocycles. The number of rotatable bonds is 4. The predicted molar refractivity (Wildman–Crippen MR) is 66.7 cm³/mol. The van der Waals surface area contributed by atoms with Crippen molar-refractivity contribution in [2.24, 2.45) is 5.92 Å². The summed E-state index contributed by atoms with van der Waals surface area (Å²) in [6.07, 6.45) is 2.65. The van der Waals surface area contributed by atoms with Gasteiger partial charge in [0, 0.05) is 19.5 Å². The van der Waals surface area contributed by atoms with Crippen molar-refractivity contribution in [3.63, 3.8) is 0 Å². The van der Waals surface area contributed by atoms with E-state index in [-0.39, 0.29) is 0 Å². The highest BCUT2D eigenvalue weighted by Gasteiger charge is 2.23. The Labute approximate surface area is 101 Å². The lowest BCUT2D eigenvalue weighted by Gasteiger charge is -2.20. The van der Waals surface area contributed by atoms with E-state index in [0.717, 1.165) is 29.3 Å². The van der Waals surface area contributed by atoms with Crippen LogP contribution in [0.4, 0.5) is 5.69 Å². The van der Waals surface area contributed by atoms with Crippen LogP contribution in [-0.2, 0) is 5.88 Å². The number of alkyl halides is 1. The fraction of sp³-hybridized carbons (Fsp3) is 0.462. The summed E-state index contributed by atoms with van der Waals surface area (Å²) in [5.74, 6) is 1.28. The minimum atomic E-state index is 0.460. The Kier molecular flexibility index (Phi) is 3.36. The van der Waals surface area contributed by atoms with Crippen LogP contribution in [0.1, 0.15) is 24.0 Å². The van der Waals surface area contributed by atoms with Crippen molar-refractivity contribution in [1.29, 1.82) is 5.26 Å². The first kappa shape index (κ1) is 11.3. The smallest absolute Gasteiger partial charge is 0.101 e. The molecule has 0 N–H and O–H groups in total. The first-order chi connectivity index (χ1) is 7.74. The molecule has 0 bridgehead atoms. The number of nitrogens with zero attached hydrogens (tertiary/aromatic N) is 2. The highest BCUT2D eigenvalue weighted by molar-refractivity contribution is 6.17. The Balaban J connectivity index is 2.21. The van der Waals surface area contributed by atoms with Crippen LogP contribution in [0.2, 0.25) is 0 Å². The fourth-order valence-electron chi connectivity index (χ4n) is 1.87. The first-order valence-electron chi connectivity index (χ1n) is 5.54. The van der Waals surface area contributed by atoms with Gasteiger partial charge < -0.3 is 4.90 Å². The highest BCUT2D eigenvalue weighted by Crippen LogP contribution is 2.31. The third-order valence-corrected chi connectivity index (χ3v) is 3.28. The van der Waals surface area contributed by atoms with E-state index in [2.05, 4.69) is 18.0 Å². The lowest BCUT2D eigenvalue weighted by Crippen LogP contribution is -2.20. The topological polar surface area (TPSA) is 27.0 Å². The summed E-state index contributed by atoms with van der Waals surface area (Å²) < 4.78 is 0. The monoisotopic (exact) mass is 234 g/mol. The minimum Gasteiger partial charge on any atom is -0.373 e. The molecule has 1 fully saturated rings. The van der Waals surface area contributed by atoms with Crippen LogP contribution >= 0.6 is 11.6 Å². The van der Waals surface area contributed by atoms with Gasteiger partial charge >= 0.3 is 0 Å². The Morgan fingerprint density at radius 3 is 2.81 bits per heavy atom. The molecule has 0 aliphatic heterocycles. The minimum absolute atomic E-state index is 0.460. The Bertz CT molecular complexity index is 418. The van der Waals surface area contributed by atoms with E-state index >= 15 is 0 Å². The zero-order chi connectivity index (χ0) is 11.5. The van der Waals surface area contributed by atoms with Crippen LogP contribution < -0.4 is 4.90 Å². The van der Waals surface area contributed by atoms with E-state index in [1.165, 1.54) is 12.8 Å². The molecule has 0 atom stereocenters. The maximum Gasteiger partial charge on any atom is 0.101 e. The molecule has 0 radical (unpaired) electrons. The second-order valence-electron chi connectivity index (χ2n) is 4.42. The van der Waals surface area contributed by atoms with E-state index < -0.39 is 0 Å². The van der Waals surface area contributed by atoms with Gasteiger partial charge in [0.25, 0.3) is 0 Å². The number of hydrogen-bond donors (Lipinski definition) is 0. The maximum atomic E-state index is 9.12. The number of benzene rings is 1. The van der Waals surface area contributed by atoms with Gasteiger partial charge in [-0.3, -0.25) is 0 Å². The first-order valence-corrected chi connectivity index (χ1v) is 6.08. The van der Waals surface area contributed by atoms with Crippen molar-refractivity contribution in [3.05, 3.63) is 29.3 Å². The molecule has 84 valence electrons. The fourth-order valence-corrected chi connectivity index (χ4v) is 2.04. The summed E-state index contributed by atoms with van der Waals surface area (Å²) in [7, 11) is 2.05. The van der Waals surface area contributed by atoms with Gasteiger partial charge in [0.15, 0.2) is 0 Å². The number of halogens is 1. The molecule has 2 rings (SSSR count). The molecule has 0 spiro atoms. The molecule has 0 heterocycles. The van der Waals surface area contributed by atoms with Gasteiger partial charge in [-0.15, -0.1) is 11.6 Å². The summed E-state index contributed by atoms with van der Waals surface area (Å²) >= 11 is 5.76. The number of hydrogen-bond acceptors (Lipinski definition) is 2. The molecule has 1 aliphatic rings. The van der Waals surface area contributed by atoms with Gasteiger partial charge in [-0.25, -0.2) is 0 Å². The highest BCUT2D eigenvalue weighted by atomic mass is 35.5. The Hall–Kier alpha value is -1.20. The van der Waals surface area contributed by atoms with Crippen LogP contribution in [-0.4, -0.2) is 13.6 Å². The largest absolute Gasteiger partial charge is 0.373 e. The van der Waals surface area contributed by atoms with Gasteiger partial charge in [-0.05, 0) is 36.5 Å². The Morgan fingerprint density at radius 1 is 1.50 bits per heavy atom. The third kappa shape index (κ3) is 2.48. The molecule has 16 heavy (non-hydrogen) atoms. The lowest BCUT2D eigenvalue weighted by atomic mass is 10.1. The van der Waals surface area contributed by atoms with Crippen molar-refractivity contribution in [1.82, 2.24) is 0 Å². The lowest BCUT2D eigenvalue weighted by molar-refractivity contribution is 0.786. The SMILES string of the molecule is CN(CC1CC1)c1ccc(CCl)cc1C#N. The molecule has 1 aromatic rings. The standard InChI is InChI=1S/C13H15ClN2/c1-16(9-10-2-3-10)13-5-4-11(7-14)6-12(13)8-15/h4-6,10H,2-3,7,9H2,1H3. The van der Waals surface area contributed by atoms with Crippen LogP contribution in [0.25, 0.3) is 0 Å². The maximum absolute atomic E-state index is 9.12. The van der Waals surface area contributed by atoms with Gasteiger partial charge in [0.1, 0.15) is 6.07 Å². The van der Waals surface area contributed by atoms with Gasteiger partial charge in [0.2, 0.25) is 0 Å². The summed E-state index contributed by atoms with van der Waals surface area (Å²) in [6, 6.07) is 8.12. The molecule has 1 aliphatic carbocycles. The van der Waals surface area contributed by atoms with E-state index in [4.69, 9.17) is 16.9 Å². The predicted octanol–water partition coefficient (Wildman–Crippen LogP) is 3.14. The van der Waals surface area contributed by atoms with E-state index in [9.17, 15) is 0 Å². The summed E-state index contributed by atoms with van der Waals surface area (Å²) in [4.78, 5) is 2.17. The second kappa shape index (κ2) is 4.76. The zero-order valence-corrected chi connectivity index (χ0v) is 10.2. The normalized spacial score (nSPS) is 14.6. The zero-order valence-electron chi connectivity index (χ0n) is 9.41. The van der Waals surface area contributed by atoms with Crippen molar-refractivity contribution >= 4 is 17.3 Å². The average Bonchev–Trinajstić information content (AvgIpc) is 3.11. The average molecular weight is 235 g/mol. The van der Waals surface area contributed by atoms with Crippen molar-refractivity contribution in [2.75, 3.05) is 18.5 Å². The second-order valence-corrected chi connectivity index (χ2v) is 4.69. The van der Waals surface area contributed by atoms with Gasteiger partial charge in [0.05, 0.1) is 11.3 Å². The van der Waals surface area contributed by atoms with E-state index in [1.54, 1.807) is 0 Å².